The number of hydrogen-bond donors (Lipinski definition) is 2. The fourth-order valence-electron chi connectivity index (χ4n) is 1.62. The Morgan fingerprint density at radius 1 is 1.42 bits per heavy atom. The van der Waals surface area contributed by atoms with E-state index in [4.69, 9.17) is 5.73 Å². The Bertz CT molecular complexity index is 477. The first-order valence-corrected chi connectivity index (χ1v) is 7.09. The number of carbonyl (C=O) groups excluding carboxylic acids is 2. The molecule has 104 valence electrons. The van der Waals surface area contributed by atoms with Crippen LogP contribution in [-0.2, 0) is 4.79 Å². The number of hydrogen-bond acceptors (Lipinski definition) is 3. The van der Waals surface area contributed by atoms with E-state index in [0.717, 1.165) is 12.8 Å². The summed E-state index contributed by atoms with van der Waals surface area (Å²) in [7, 11) is 0. The number of unbranched alkanes of at least 4 members (excludes halogenated alkanes) is 1. The van der Waals surface area contributed by atoms with E-state index in [1.165, 1.54) is 11.0 Å². The number of amides is 2. The van der Waals surface area contributed by atoms with Crippen molar-refractivity contribution in [3.63, 3.8) is 0 Å². The summed E-state index contributed by atoms with van der Waals surface area (Å²) >= 11 is 1.98. The number of aromatic hydroxyl groups is 1. The van der Waals surface area contributed by atoms with Crippen LogP contribution in [0.2, 0.25) is 0 Å². The normalized spacial score (nSPS) is 10.2. The number of primary amides is 1. The van der Waals surface area contributed by atoms with Gasteiger partial charge < -0.3 is 15.7 Å². The van der Waals surface area contributed by atoms with E-state index in [1.807, 2.05) is 29.5 Å². The molecule has 0 aliphatic heterocycles. The molecule has 0 radical (unpaired) electrons. The minimum Gasteiger partial charge on any atom is -0.507 e. The molecule has 1 aromatic rings. The number of carbonyl (C=O) groups is 2. The summed E-state index contributed by atoms with van der Waals surface area (Å²) in [5.41, 5.74) is 5.51. The van der Waals surface area contributed by atoms with Crippen LogP contribution in [0.3, 0.4) is 0 Å². The fraction of sp³-hybridized carbons (Fsp3) is 0.385. The molecule has 0 bridgehead atoms. The minimum absolute atomic E-state index is 0.0565. The van der Waals surface area contributed by atoms with E-state index in [-0.39, 0.29) is 18.2 Å². The second-order valence-corrected chi connectivity index (χ2v) is 5.37. The van der Waals surface area contributed by atoms with E-state index in [2.05, 4.69) is 0 Å². The first kappa shape index (κ1) is 15.7. The van der Waals surface area contributed by atoms with Crippen LogP contribution >= 0.6 is 22.6 Å². The van der Waals surface area contributed by atoms with Crippen molar-refractivity contribution in [2.24, 2.45) is 5.73 Å². The maximum absolute atomic E-state index is 12.3. The molecule has 0 atom stereocenters. The van der Waals surface area contributed by atoms with Gasteiger partial charge in [-0.25, -0.2) is 0 Å². The van der Waals surface area contributed by atoms with Crippen molar-refractivity contribution in [3.8, 4) is 5.75 Å². The summed E-state index contributed by atoms with van der Waals surface area (Å²) in [6.45, 7) is 2.38. The number of benzene rings is 1. The van der Waals surface area contributed by atoms with Crippen LogP contribution in [0, 0.1) is 3.57 Å². The molecule has 1 aromatic carbocycles. The van der Waals surface area contributed by atoms with Crippen LogP contribution in [0.15, 0.2) is 18.2 Å². The predicted molar refractivity (Wildman–Crippen MR) is 80.8 cm³/mol. The van der Waals surface area contributed by atoms with Gasteiger partial charge in [0.1, 0.15) is 5.75 Å². The monoisotopic (exact) mass is 376 g/mol. The van der Waals surface area contributed by atoms with Gasteiger partial charge in [0, 0.05) is 12.1 Å². The Morgan fingerprint density at radius 3 is 2.63 bits per heavy atom. The Labute approximate surface area is 125 Å². The standard InChI is InChI=1S/C13H17IN2O3/c1-2-3-6-16(8-12(15)18)13(19)9-4-5-10(14)11(17)7-9/h4-5,7,17H,2-3,6,8H2,1H3,(H2,15,18). The van der Waals surface area contributed by atoms with Crippen LogP contribution in [-0.4, -0.2) is 34.9 Å². The molecule has 0 unspecified atom stereocenters. The highest BCUT2D eigenvalue weighted by atomic mass is 127. The lowest BCUT2D eigenvalue weighted by molar-refractivity contribution is -0.118. The molecule has 0 saturated carbocycles. The molecule has 0 spiro atoms. The van der Waals surface area contributed by atoms with Gasteiger partial charge in [-0.15, -0.1) is 0 Å². The third kappa shape index (κ3) is 4.70. The van der Waals surface area contributed by atoms with Crippen molar-refractivity contribution in [1.29, 1.82) is 0 Å². The van der Waals surface area contributed by atoms with Gasteiger partial charge in [-0.1, -0.05) is 13.3 Å². The van der Waals surface area contributed by atoms with Crippen LogP contribution < -0.4 is 5.73 Å². The molecular weight excluding hydrogens is 359 g/mol. The molecule has 5 nitrogen and oxygen atoms in total. The van der Waals surface area contributed by atoms with Gasteiger partial charge >= 0.3 is 0 Å². The van der Waals surface area contributed by atoms with Crippen molar-refractivity contribution >= 4 is 34.4 Å². The van der Waals surface area contributed by atoms with E-state index < -0.39 is 5.91 Å². The lowest BCUT2D eigenvalue weighted by Crippen LogP contribution is -2.39. The quantitative estimate of drug-likeness (QED) is 0.742. The van der Waals surface area contributed by atoms with E-state index in [9.17, 15) is 14.7 Å². The molecule has 0 aromatic heterocycles. The first-order chi connectivity index (χ1) is 8.95. The number of phenolic OH excluding ortho intramolecular Hbond substituents is 1. The fourth-order valence-corrected chi connectivity index (χ4v) is 1.95. The zero-order valence-corrected chi connectivity index (χ0v) is 12.9. The zero-order chi connectivity index (χ0) is 14.4. The molecule has 0 heterocycles. The second kappa shape index (κ2) is 7.32. The third-order valence-electron chi connectivity index (χ3n) is 2.61. The maximum Gasteiger partial charge on any atom is 0.254 e. The van der Waals surface area contributed by atoms with Crippen molar-refractivity contribution < 1.29 is 14.7 Å². The largest absolute Gasteiger partial charge is 0.507 e. The van der Waals surface area contributed by atoms with E-state index in [1.54, 1.807) is 12.1 Å². The lowest BCUT2D eigenvalue weighted by Gasteiger charge is -2.21. The molecule has 1 rings (SSSR count). The van der Waals surface area contributed by atoms with Crippen LogP contribution in [0.5, 0.6) is 5.75 Å². The Hall–Kier alpha value is -1.31. The molecule has 0 saturated heterocycles. The third-order valence-corrected chi connectivity index (χ3v) is 3.52. The lowest BCUT2D eigenvalue weighted by atomic mass is 10.1. The number of rotatable bonds is 6. The van der Waals surface area contributed by atoms with Crippen LogP contribution in [0.1, 0.15) is 30.1 Å². The summed E-state index contributed by atoms with van der Waals surface area (Å²) in [5, 5.41) is 9.62. The van der Waals surface area contributed by atoms with Gasteiger partial charge in [0.2, 0.25) is 5.91 Å². The van der Waals surface area contributed by atoms with Crippen LogP contribution in [0.4, 0.5) is 0 Å². The highest BCUT2D eigenvalue weighted by Crippen LogP contribution is 2.21. The number of nitrogens with two attached hydrogens (primary N) is 1. The molecule has 0 aliphatic rings. The van der Waals surface area contributed by atoms with Gasteiger partial charge in [-0.05, 0) is 47.2 Å². The topological polar surface area (TPSA) is 83.6 Å². The average Bonchev–Trinajstić information content (AvgIpc) is 2.36. The van der Waals surface area contributed by atoms with E-state index in [0.29, 0.717) is 15.7 Å². The summed E-state index contributed by atoms with van der Waals surface area (Å²) in [5.74, 6) is -0.779. The first-order valence-electron chi connectivity index (χ1n) is 6.01. The smallest absolute Gasteiger partial charge is 0.254 e. The van der Waals surface area contributed by atoms with E-state index >= 15 is 0 Å². The van der Waals surface area contributed by atoms with Crippen molar-refractivity contribution in [3.05, 3.63) is 27.3 Å². The molecule has 3 N–H and O–H groups in total. The number of nitrogens with zero attached hydrogens (tertiary/aromatic N) is 1. The van der Waals surface area contributed by atoms with Gasteiger partial charge in [-0.3, -0.25) is 9.59 Å². The molecule has 0 aliphatic carbocycles. The molecule has 6 heteroatoms. The zero-order valence-electron chi connectivity index (χ0n) is 10.7. The SMILES string of the molecule is CCCCN(CC(N)=O)C(=O)c1ccc(I)c(O)c1. The predicted octanol–water partition coefficient (Wildman–Crippen LogP) is 1.72. The summed E-state index contributed by atoms with van der Waals surface area (Å²) in [4.78, 5) is 24.7. The summed E-state index contributed by atoms with van der Waals surface area (Å²) in [6.07, 6.45) is 1.72. The number of phenols is 1. The second-order valence-electron chi connectivity index (χ2n) is 4.21. The van der Waals surface area contributed by atoms with Gasteiger partial charge in [0.15, 0.2) is 0 Å². The number of halogens is 1. The maximum atomic E-state index is 12.3. The molecule has 0 fully saturated rings. The van der Waals surface area contributed by atoms with Crippen molar-refractivity contribution in [2.45, 2.75) is 19.8 Å². The van der Waals surface area contributed by atoms with Gasteiger partial charge in [-0.2, -0.15) is 0 Å². The average molecular weight is 376 g/mol. The summed E-state index contributed by atoms with van der Waals surface area (Å²) in [6, 6.07) is 4.69. The summed E-state index contributed by atoms with van der Waals surface area (Å²) < 4.78 is 0.671. The molecular formula is C13H17IN2O3. The Kier molecular flexibility index (Phi) is 6.07. The Balaban J connectivity index is 2.90. The molecule has 2 amide bonds. The van der Waals surface area contributed by atoms with Gasteiger partial charge in [0.25, 0.3) is 5.91 Å². The Morgan fingerprint density at radius 2 is 2.11 bits per heavy atom. The van der Waals surface area contributed by atoms with Crippen molar-refractivity contribution in [2.75, 3.05) is 13.1 Å². The van der Waals surface area contributed by atoms with Crippen LogP contribution in [0.25, 0.3) is 0 Å². The minimum atomic E-state index is -0.542. The highest BCUT2D eigenvalue weighted by Gasteiger charge is 2.18. The highest BCUT2D eigenvalue weighted by molar-refractivity contribution is 14.1. The van der Waals surface area contributed by atoms with Crippen molar-refractivity contribution in [1.82, 2.24) is 4.90 Å². The molecule has 19 heavy (non-hydrogen) atoms. The van der Waals surface area contributed by atoms with Gasteiger partial charge in [0.05, 0.1) is 10.1 Å².